The van der Waals surface area contributed by atoms with Gasteiger partial charge in [0, 0.05) is 6.42 Å². The van der Waals surface area contributed by atoms with Crippen LogP contribution in [0.15, 0.2) is 0 Å². The van der Waals surface area contributed by atoms with Crippen molar-refractivity contribution in [2.24, 2.45) is 5.92 Å². The molecule has 0 spiro atoms. The topological polar surface area (TPSA) is 216 Å². The average Bonchev–Trinajstić information content (AvgIpc) is 4.09. The molecule has 17 heteroatoms. The van der Waals surface area contributed by atoms with E-state index in [0.717, 1.165) is 57.8 Å². The van der Waals surface area contributed by atoms with Crippen molar-refractivity contribution in [2.75, 3.05) is 72.6 Å². The lowest BCUT2D eigenvalue weighted by atomic mass is 9.94. The van der Waals surface area contributed by atoms with Gasteiger partial charge in [0.15, 0.2) is 0 Å². The Kier molecular flexibility index (Phi) is 27.0. The van der Waals surface area contributed by atoms with E-state index in [4.69, 9.17) is 42.6 Å². The lowest BCUT2D eigenvalue weighted by molar-refractivity contribution is -0.152. The van der Waals surface area contributed by atoms with Gasteiger partial charge in [-0.2, -0.15) is 0 Å². The number of esters is 6. The summed E-state index contributed by atoms with van der Waals surface area (Å²) in [6, 6.07) is 0. The molecular formula is C44H71NO16. The van der Waals surface area contributed by atoms with E-state index in [2.05, 4.69) is 6.92 Å². The van der Waals surface area contributed by atoms with Crippen molar-refractivity contribution in [2.45, 2.75) is 160 Å². The molecule has 0 radical (unpaired) electrons. The lowest BCUT2D eigenvalue weighted by Crippen LogP contribution is -2.37. The number of carbonyl (C=O) groups is 7. The van der Waals surface area contributed by atoms with Crippen LogP contribution < -0.4 is 0 Å². The molecule has 3 heterocycles. The average molecular weight is 870 g/mol. The third-order valence-corrected chi connectivity index (χ3v) is 10.4. The Morgan fingerprint density at radius 1 is 0.459 bits per heavy atom. The van der Waals surface area contributed by atoms with Gasteiger partial charge in [-0.1, -0.05) is 77.6 Å². The van der Waals surface area contributed by atoms with Crippen molar-refractivity contribution in [1.82, 2.24) is 4.90 Å². The van der Waals surface area contributed by atoms with Gasteiger partial charge < -0.3 is 47.5 Å². The van der Waals surface area contributed by atoms with Gasteiger partial charge in [0.25, 0.3) is 0 Å². The van der Waals surface area contributed by atoms with Crippen LogP contribution in [0.25, 0.3) is 0 Å². The maximum Gasteiger partial charge on any atom is 0.306 e. The normalized spacial score (nSPS) is 17.7. The molecule has 0 bridgehead atoms. The number of epoxide rings is 3. The smallest absolute Gasteiger partial charge is 0.306 e. The van der Waals surface area contributed by atoms with Crippen molar-refractivity contribution >= 4 is 41.7 Å². The molecule has 0 N–H and O–H groups in total. The van der Waals surface area contributed by atoms with Crippen molar-refractivity contribution in [3.63, 3.8) is 0 Å². The first-order valence-corrected chi connectivity index (χ1v) is 22.7. The zero-order valence-corrected chi connectivity index (χ0v) is 36.4. The fraction of sp³-hybridized carbons (Fsp3) is 0.841. The number of hydrogen-bond acceptors (Lipinski definition) is 16. The highest BCUT2D eigenvalue weighted by molar-refractivity contribution is 5.79. The minimum atomic E-state index is -0.595. The molecule has 1 amide bonds. The number of hydrogen-bond donors (Lipinski definition) is 0. The largest absolute Gasteiger partial charge is 0.465 e. The highest BCUT2D eigenvalue weighted by Crippen LogP contribution is 2.21. The monoisotopic (exact) mass is 869 g/mol. The molecule has 0 aromatic rings. The van der Waals surface area contributed by atoms with Crippen molar-refractivity contribution in [3.8, 4) is 0 Å². The molecule has 0 aromatic heterocycles. The molecule has 61 heavy (non-hydrogen) atoms. The van der Waals surface area contributed by atoms with Crippen LogP contribution in [0.1, 0.15) is 142 Å². The van der Waals surface area contributed by atoms with Crippen LogP contribution >= 0.6 is 0 Å². The fourth-order valence-corrected chi connectivity index (χ4v) is 6.31. The summed E-state index contributed by atoms with van der Waals surface area (Å²) in [4.78, 5) is 87.1. The molecule has 4 unspecified atom stereocenters. The van der Waals surface area contributed by atoms with Crippen molar-refractivity contribution in [1.29, 1.82) is 0 Å². The molecule has 0 saturated carbocycles. The summed E-state index contributed by atoms with van der Waals surface area (Å²) in [5.74, 6) is -2.93. The van der Waals surface area contributed by atoms with Crippen LogP contribution in [0.5, 0.6) is 0 Å². The number of carbonyl (C=O) groups excluding carboxylic acids is 7. The number of nitrogens with zero attached hydrogens (tertiary/aromatic N) is 1. The van der Waals surface area contributed by atoms with E-state index < -0.39 is 29.8 Å². The van der Waals surface area contributed by atoms with Gasteiger partial charge in [0.05, 0.1) is 78.0 Å². The SMILES string of the molecule is CCCCCCCCC(CCCCCCCCC(=O)N(CCOC(=O)CCC(=O)OCC1CO1)CCOC(=O)CCC(=O)OCC1CO1)COC(=O)CCC(=O)OCC1CO1. The molecule has 3 saturated heterocycles. The number of ether oxygens (including phenoxy) is 9. The summed E-state index contributed by atoms with van der Waals surface area (Å²) in [6.45, 7) is 4.80. The quantitative estimate of drug-likeness (QED) is 0.0340. The van der Waals surface area contributed by atoms with Crippen LogP contribution in [-0.4, -0.2) is 137 Å². The molecule has 0 aliphatic carbocycles. The van der Waals surface area contributed by atoms with Gasteiger partial charge in [0.1, 0.15) is 51.3 Å². The number of amides is 1. The molecule has 3 rings (SSSR count). The summed E-state index contributed by atoms with van der Waals surface area (Å²) < 4.78 is 46.3. The first-order chi connectivity index (χ1) is 29.6. The van der Waals surface area contributed by atoms with Crippen molar-refractivity contribution in [3.05, 3.63) is 0 Å². The van der Waals surface area contributed by atoms with E-state index in [-0.39, 0.29) is 127 Å². The van der Waals surface area contributed by atoms with Crippen LogP contribution in [-0.2, 0) is 76.2 Å². The maximum absolute atomic E-state index is 13.2. The summed E-state index contributed by atoms with van der Waals surface area (Å²) >= 11 is 0. The maximum atomic E-state index is 13.2. The molecule has 348 valence electrons. The zero-order valence-electron chi connectivity index (χ0n) is 36.4. The summed E-state index contributed by atoms with van der Waals surface area (Å²) in [6.07, 6.45) is 14.2. The Morgan fingerprint density at radius 3 is 1.20 bits per heavy atom. The van der Waals surface area contributed by atoms with E-state index in [9.17, 15) is 33.6 Å². The van der Waals surface area contributed by atoms with Crippen LogP contribution in [0, 0.1) is 5.92 Å². The minimum Gasteiger partial charge on any atom is -0.465 e. The van der Waals surface area contributed by atoms with E-state index in [0.29, 0.717) is 32.8 Å². The van der Waals surface area contributed by atoms with Crippen LogP contribution in [0.3, 0.4) is 0 Å². The van der Waals surface area contributed by atoms with Gasteiger partial charge in [-0.3, -0.25) is 33.6 Å². The fourth-order valence-electron chi connectivity index (χ4n) is 6.31. The Morgan fingerprint density at radius 2 is 0.803 bits per heavy atom. The molecule has 0 aromatic carbocycles. The van der Waals surface area contributed by atoms with Crippen LogP contribution in [0.2, 0.25) is 0 Å². The first kappa shape index (κ1) is 51.5. The van der Waals surface area contributed by atoms with E-state index in [1.165, 1.54) is 30.6 Å². The highest BCUT2D eigenvalue weighted by atomic mass is 16.6. The van der Waals surface area contributed by atoms with Gasteiger partial charge >= 0.3 is 35.8 Å². The van der Waals surface area contributed by atoms with Gasteiger partial charge in [-0.25, -0.2) is 0 Å². The third kappa shape index (κ3) is 29.2. The molecule has 3 aliphatic rings. The Bertz CT molecular complexity index is 1260. The Balaban J connectivity index is 1.32. The zero-order chi connectivity index (χ0) is 43.9. The van der Waals surface area contributed by atoms with Gasteiger partial charge in [-0.05, 0) is 25.2 Å². The second-order valence-electron chi connectivity index (χ2n) is 16.0. The standard InChI is InChI=1S/C44H71NO16/c1-2-3-4-5-8-11-14-34(27-58-41(49)21-22-44(52)61-33-37-30-57-37)15-12-9-6-7-10-13-16-38(46)45(23-25-53-39(47)17-19-42(50)59-31-35-28-55-35)24-26-54-40(48)18-20-43(51)60-32-36-29-56-36/h34-37H,2-33H2,1H3. The molecule has 17 nitrogen and oxygen atoms in total. The summed E-state index contributed by atoms with van der Waals surface area (Å²) in [5.41, 5.74) is 0. The second-order valence-corrected chi connectivity index (χ2v) is 16.0. The molecule has 4 atom stereocenters. The van der Waals surface area contributed by atoms with E-state index in [1.807, 2.05) is 0 Å². The molecule has 3 fully saturated rings. The molecular weight excluding hydrogens is 798 g/mol. The Hall–Kier alpha value is -3.83. The second kappa shape index (κ2) is 31.9. The summed E-state index contributed by atoms with van der Waals surface area (Å²) in [5, 5.41) is 0. The van der Waals surface area contributed by atoms with Gasteiger partial charge in [-0.15, -0.1) is 0 Å². The van der Waals surface area contributed by atoms with Gasteiger partial charge in [0.2, 0.25) is 5.91 Å². The highest BCUT2D eigenvalue weighted by Gasteiger charge is 2.26. The third-order valence-electron chi connectivity index (χ3n) is 10.4. The first-order valence-electron chi connectivity index (χ1n) is 22.7. The predicted octanol–water partition coefficient (Wildman–Crippen LogP) is 5.10. The Labute approximate surface area is 360 Å². The summed E-state index contributed by atoms with van der Waals surface area (Å²) in [7, 11) is 0. The molecule has 3 aliphatic heterocycles. The van der Waals surface area contributed by atoms with Crippen LogP contribution in [0.4, 0.5) is 0 Å². The minimum absolute atomic E-state index is 0.00178. The number of rotatable bonds is 39. The predicted molar refractivity (Wildman–Crippen MR) is 218 cm³/mol. The number of unbranched alkanes of at least 4 members (excludes halogenated alkanes) is 10. The lowest BCUT2D eigenvalue weighted by Gasteiger charge is -2.22. The van der Waals surface area contributed by atoms with E-state index in [1.54, 1.807) is 0 Å². The van der Waals surface area contributed by atoms with Crippen molar-refractivity contribution < 1.29 is 76.2 Å². The van der Waals surface area contributed by atoms with E-state index >= 15 is 0 Å².